The fraction of sp³-hybridized carbons (Fsp3) is 0.333. The molecule has 6 heteroatoms. The summed E-state index contributed by atoms with van der Waals surface area (Å²) in [4.78, 5) is 24.8. The minimum absolute atomic E-state index is 0.0781. The Balaban J connectivity index is 1.70. The van der Waals surface area contributed by atoms with Gasteiger partial charge in [0.15, 0.2) is 0 Å². The zero-order chi connectivity index (χ0) is 17.0. The summed E-state index contributed by atoms with van der Waals surface area (Å²) in [6.07, 6.45) is 3.16. The van der Waals surface area contributed by atoms with Crippen LogP contribution in [0.15, 0.2) is 47.8 Å². The maximum absolute atomic E-state index is 12.6. The molecule has 1 unspecified atom stereocenters. The first-order chi connectivity index (χ1) is 11.6. The molecule has 3 rings (SSSR count). The predicted molar refractivity (Wildman–Crippen MR) is 94.5 cm³/mol. The molecule has 1 aromatic carbocycles. The van der Waals surface area contributed by atoms with E-state index in [1.807, 2.05) is 35.7 Å². The lowest BCUT2D eigenvalue weighted by atomic mass is 9.71. The second kappa shape index (κ2) is 7.05. The van der Waals surface area contributed by atoms with Gasteiger partial charge in [-0.3, -0.25) is 4.79 Å². The van der Waals surface area contributed by atoms with Crippen molar-refractivity contribution in [3.63, 3.8) is 0 Å². The monoisotopic (exact) mass is 343 g/mol. The summed E-state index contributed by atoms with van der Waals surface area (Å²) in [6, 6.07) is 12.8. The first-order valence-electron chi connectivity index (χ1n) is 8.05. The molecule has 1 heterocycles. The van der Waals surface area contributed by atoms with Crippen LogP contribution >= 0.6 is 11.3 Å². The number of hydrogen-bond acceptors (Lipinski definition) is 3. The lowest BCUT2D eigenvalue weighted by Crippen LogP contribution is -2.51. The molecular weight excluding hydrogens is 322 g/mol. The maximum atomic E-state index is 12.6. The molecule has 5 nitrogen and oxygen atoms in total. The zero-order valence-corrected chi connectivity index (χ0v) is 14.1. The van der Waals surface area contributed by atoms with E-state index >= 15 is 0 Å². The lowest BCUT2D eigenvalue weighted by Gasteiger charge is -2.43. The number of nitrogens with one attached hydrogen (secondary N) is 2. The highest BCUT2D eigenvalue weighted by Crippen LogP contribution is 2.41. The van der Waals surface area contributed by atoms with Crippen LogP contribution in [0.1, 0.15) is 42.2 Å². The molecule has 3 amide bonds. The van der Waals surface area contributed by atoms with Crippen molar-refractivity contribution in [1.82, 2.24) is 10.6 Å². The van der Waals surface area contributed by atoms with E-state index in [-0.39, 0.29) is 17.9 Å². The topological polar surface area (TPSA) is 84.2 Å². The number of nitrogens with two attached hydrogens (primary N) is 1. The van der Waals surface area contributed by atoms with Crippen LogP contribution in [-0.2, 0) is 10.3 Å². The fourth-order valence-electron chi connectivity index (χ4n) is 3.16. The number of amides is 3. The fourth-order valence-corrected chi connectivity index (χ4v) is 3.94. The van der Waals surface area contributed by atoms with Gasteiger partial charge in [-0.05, 0) is 36.3 Å². The second-order valence-electron chi connectivity index (χ2n) is 6.13. The molecule has 0 bridgehead atoms. The summed E-state index contributed by atoms with van der Waals surface area (Å²) >= 11 is 1.50. The number of hydrogen-bond donors (Lipinski definition) is 3. The van der Waals surface area contributed by atoms with Crippen molar-refractivity contribution in [1.29, 1.82) is 0 Å². The Morgan fingerprint density at radius 1 is 1.17 bits per heavy atom. The molecule has 1 saturated carbocycles. The Morgan fingerprint density at radius 3 is 2.46 bits per heavy atom. The Labute approximate surface area is 145 Å². The smallest absolute Gasteiger partial charge is 0.312 e. The van der Waals surface area contributed by atoms with Crippen molar-refractivity contribution in [2.24, 2.45) is 5.73 Å². The molecule has 0 radical (unpaired) electrons. The third-order valence-corrected chi connectivity index (χ3v) is 5.49. The molecule has 0 spiro atoms. The molecule has 0 aliphatic heterocycles. The van der Waals surface area contributed by atoms with Gasteiger partial charge in [0.25, 0.3) is 0 Å². The molecule has 1 aliphatic carbocycles. The van der Waals surface area contributed by atoms with Gasteiger partial charge in [0.2, 0.25) is 5.91 Å². The standard InChI is InChI=1S/C18H21N3O2S/c19-17(23)20-14(15-8-4-11-24-15)12-16(22)21-18(9-5-10-18)13-6-2-1-3-7-13/h1-4,6-8,11,14H,5,9-10,12H2,(H,21,22)(H3,19,20,23). The molecule has 2 aromatic rings. The number of benzene rings is 1. The largest absolute Gasteiger partial charge is 0.352 e. The van der Waals surface area contributed by atoms with E-state index in [9.17, 15) is 9.59 Å². The van der Waals surface area contributed by atoms with Gasteiger partial charge in [-0.25, -0.2) is 4.79 Å². The van der Waals surface area contributed by atoms with Crippen molar-refractivity contribution >= 4 is 23.3 Å². The minimum atomic E-state index is -0.623. The number of rotatable bonds is 6. The van der Waals surface area contributed by atoms with Crippen molar-refractivity contribution in [2.45, 2.75) is 37.3 Å². The van der Waals surface area contributed by atoms with Crippen molar-refractivity contribution in [2.75, 3.05) is 0 Å². The van der Waals surface area contributed by atoms with E-state index < -0.39 is 12.1 Å². The van der Waals surface area contributed by atoms with Gasteiger partial charge < -0.3 is 16.4 Å². The highest BCUT2D eigenvalue weighted by molar-refractivity contribution is 7.10. The second-order valence-corrected chi connectivity index (χ2v) is 7.11. The summed E-state index contributed by atoms with van der Waals surface area (Å²) in [6.45, 7) is 0. The van der Waals surface area contributed by atoms with Crippen molar-refractivity contribution in [3.8, 4) is 0 Å². The third-order valence-electron chi connectivity index (χ3n) is 4.50. The van der Waals surface area contributed by atoms with E-state index in [1.165, 1.54) is 11.3 Å². The average Bonchev–Trinajstić information content (AvgIpc) is 3.05. The van der Waals surface area contributed by atoms with E-state index in [0.29, 0.717) is 0 Å². The predicted octanol–water partition coefficient (Wildman–Crippen LogP) is 3.04. The summed E-state index contributed by atoms with van der Waals surface area (Å²) in [5, 5.41) is 7.77. The summed E-state index contributed by atoms with van der Waals surface area (Å²) < 4.78 is 0. The molecule has 1 atom stereocenters. The quantitative estimate of drug-likeness (QED) is 0.753. The van der Waals surface area contributed by atoms with Gasteiger partial charge in [-0.1, -0.05) is 36.4 Å². The van der Waals surface area contributed by atoms with Gasteiger partial charge in [0.1, 0.15) is 0 Å². The Bertz CT molecular complexity index is 696. The van der Waals surface area contributed by atoms with Gasteiger partial charge in [0, 0.05) is 4.88 Å². The van der Waals surface area contributed by atoms with Gasteiger partial charge in [-0.2, -0.15) is 0 Å². The SMILES string of the molecule is NC(=O)NC(CC(=O)NC1(c2ccccc2)CCC1)c1cccs1. The molecule has 4 N–H and O–H groups in total. The molecule has 126 valence electrons. The number of carbonyl (C=O) groups is 2. The van der Waals surface area contributed by atoms with Crippen LogP contribution in [-0.4, -0.2) is 11.9 Å². The van der Waals surface area contributed by atoms with E-state index in [0.717, 1.165) is 29.7 Å². The van der Waals surface area contributed by atoms with Gasteiger partial charge in [0.05, 0.1) is 18.0 Å². The van der Waals surface area contributed by atoms with Crippen LogP contribution in [0.4, 0.5) is 4.79 Å². The normalized spacial score (nSPS) is 16.7. The van der Waals surface area contributed by atoms with Gasteiger partial charge >= 0.3 is 6.03 Å². The van der Waals surface area contributed by atoms with Gasteiger partial charge in [-0.15, -0.1) is 11.3 Å². The van der Waals surface area contributed by atoms with Crippen molar-refractivity contribution < 1.29 is 9.59 Å². The highest BCUT2D eigenvalue weighted by Gasteiger charge is 2.40. The number of urea groups is 1. The summed E-state index contributed by atoms with van der Waals surface area (Å²) in [5.74, 6) is -0.0781. The molecule has 24 heavy (non-hydrogen) atoms. The number of thiophene rings is 1. The molecule has 1 fully saturated rings. The highest BCUT2D eigenvalue weighted by atomic mass is 32.1. The minimum Gasteiger partial charge on any atom is -0.352 e. The number of primary amides is 1. The summed E-state index contributed by atoms with van der Waals surface area (Å²) in [7, 11) is 0. The van der Waals surface area contributed by atoms with Crippen LogP contribution in [0.3, 0.4) is 0 Å². The van der Waals surface area contributed by atoms with E-state index in [4.69, 9.17) is 5.73 Å². The Kier molecular flexibility index (Phi) is 4.85. The lowest BCUT2D eigenvalue weighted by molar-refractivity contribution is -0.124. The summed E-state index contributed by atoms with van der Waals surface area (Å²) in [5.41, 5.74) is 6.12. The Hall–Kier alpha value is -2.34. The van der Waals surface area contributed by atoms with E-state index in [1.54, 1.807) is 0 Å². The molecule has 1 aliphatic rings. The van der Waals surface area contributed by atoms with Crippen molar-refractivity contribution in [3.05, 3.63) is 58.3 Å². The van der Waals surface area contributed by atoms with Crippen LogP contribution in [0.5, 0.6) is 0 Å². The van der Waals surface area contributed by atoms with Crippen LogP contribution in [0.2, 0.25) is 0 Å². The molecule has 1 aromatic heterocycles. The number of carbonyl (C=O) groups excluding carboxylic acids is 2. The van der Waals surface area contributed by atoms with Crippen LogP contribution in [0, 0.1) is 0 Å². The van der Waals surface area contributed by atoms with Crippen LogP contribution in [0.25, 0.3) is 0 Å². The van der Waals surface area contributed by atoms with Crippen LogP contribution < -0.4 is 16.4 Å². The average molecular weight is 343 g/mol. The zero-order valence-electron chi connectivity index (χ0n) is 13.3. The first kappa shape index (κ1) is 16.5. The third kappa shape index (κ3) is 3.59. The molecule has 0 saturated heterocycles. The first-order valence-corrected chi connectivity index (χ1v) is 8.93. The molecular formula is C18H21N3O2S. The maximum Gasteiger partial charge on any atom is 0.312 e. The Morgan fingerprint density at radius 2 is 1.92 bits per heavy atom. The van der Waals surface area contributed by atoms with E-state index in [2.05, 4.69) is 22.8 Å².